The Labute approximate surface area is 130 Å². The molecule has 0 spiro atoms. The molecule has 0 atom stereocenters. The minimum absolute atomic E-state index is 0.603. The van der Waals surface area contributed by atoms with Crippen LogP contribution in [0.25, 0.3) is 10.2 Å². The Balaban J connectivity index is 1.69. The van der Waals surface area contributed by atoms with E-state index in [0.29, 0.717) is 5.82 Å². The van der Waals surface area contributed by atoms with E-state index < -0.39 is 0 Å². The predicted molar refractivity (Wildman–Crippen MR) is 87.7 cm³/mol. The van der Waals surface area contributed by atoms with Crippen molar-refractivity contribution >= 4 is 39.1 Å². The van der Waals surface area contributed by atoms with Gasteiger partial charge in [0.1, 0.15) is 22.0 Å². The van der Waals surface area contributed by atoms with Gasteiger partial charge >= 0.3 is 0 Å². The molecule has 3 aromatic rings. The van der Waals surface area contributed by atoms with Crippen LogP contribution in [0.3, 0.4) is 0 Å². The minimum atomic E-state index is 0.603. The van der Waals surface area contributed by atoms with Gasteiger partial charge < -0.3 is 5.73 Å². The van der Waals surface area contributed by atoms with Crippen molar-refractivity contribution in [1.29, 1.82) is 0 Å². The Hall–Kier alpha value is -1.66. The normalized spacial score (nSPS) is 13.7. The number of pyridine rings is 1. The Morgan fingerprint density at radius 1 is 1.24 bits per heavy atom. The molecule has 21 heavy (non-hydrogen) atoms. The van der Waals surface area contributed by atoms with Gasteiger partial charge in [-0.05, 0) is 30.9 Å². The van der Waals surface area contributed by atoms with Crippen LogP contribution in [-0.2, 0) is 18.6 Å². The maximum atomic E-state index is 5.91. The quantitative estimate of drug-likeness (QED) is 0.592. The summed E-state index contributed by atoms with van der Waals surface area (Å²) in [5.74, 6) is 1.39. The second-order valence-electron chi connectivity index (χ2n) is 5.05. The van der Waals surface area contributed by atoms with Crippen LogP contribution in [-0.4, -0.2) is 15.0 Å². The van der Waals surface area contributed by atoms with Crippen molar-refractivity contribution in [2.24, 2.45) is 0 Å². The first-order chi connectivity index (χ1) is 10.3. The summed E-state index contributed by atoms with van der Waals surface area (Å²) in [6.45, 7) is 0. The number of anilines is 1. The molecule has 0 aliphatic heterocycles. The second-order valence-corrected chi connectivity index (χ2v) is 7.10. The van der Waals surface area contributed by atoms with Crippen LogP contribution >= 0.6 is 23.1 Å². The Kier molecular flexibility index (Phi) is 3.27. The lowest BCUT2D eigenvalue weighted by atomic mass is 10.2. The van der Waals surface area contributed by atoms with Crippen LogP contribution in [0.1, 0.15) is 22.4 Å². The van der Waals surface area contributed by atoms with E-state index in [0.717, 1.165) is 27.6 Å². The zero-order valence-electron chi connectivity index (χ0n) is 11.4. The van der Waals surface area contributed by atoms with Crippen LogP contribution in [0.2, 0.25) is 0 Å². The van der Waals surface area contributed by atoms with Crippen molar-refractivity contribution in [3.63, 3.8) is 0 Å². The Morgan fingerprint density at radius 2 is 2.19 bits per heavy atom. The average molecular weight is 314 g/mol. The van der Waals surface area contributed by atoms with Gasteiger partial charge in [-0.15, -0.1) is 23.1 Å². The van der Waals surface area contributed by atoms with E-state index in [-0.39, 0.29) is 0 Å². The highest BCUT2D eigenvalue weighted by Gasteiger charge is 2.21. The second kappa shape index (κ2) is 5.27. The third kappa shape index (κ3) is 2.28. The Morgan fingerprint density at radius 3 is 3.10 bits per heavy atom. The molecular formula is C15H14N4S2. The first-order valence-corrected chi connectivity index (χ1v) is 8.70. The van der Waals surface area contributed by atoms with Crippen LogP contribution in [0.4, 0.5) is 5.82 Å². The van der Waals surface area contributed by atoms with Gasteiger partial charge in [0.15, 0.2) is 0 Å². The molecular weight excluding hydrogens is 300 g/mol. The van der Waals surface area contributed by atoms with Crippen molar-refractivity contribution in [3.8, 4) is 0 Å². The first-order valence-electron chi connectivity index (χ1n) is 6.90. The molecule has 3 aromatic heterocycles. The fraction of sp³-hybridized carbons (Fsp3) is 0.267. The van der Waals surface area contributed by atoms with Gasteiger partial charge in [-0.25, -0.2) is 15.0 Å². The van der Waals surface area contributed by atoms with Gasteiger partial charge in [-0.1, -0.05) is 6.07 Å². The van der Waals surface area contributed by atoms with Crippen LogP contribution in [0.15, 0.2) is 29.7 Å². The van der Waals surface area contributed by atoms with Gasteiger partial charge in [-0.2, -0.15) is 0 Å². The van der Waals surface area contributed by atoms with Crippen molar-refractivity contribution < 1.29 is 0 Å². The molecule has 0 bridgehead atoms. The summed E-state index contributed by atoms with van der Waals surface area (Å²) in [5.41, 5.74) is 8.44. The molecule has 0 aromatic carbocycles. The summed E-state index contributed by atoms with van der Waals surface area (Å²) >= 11 is 3.55. The maximum absolute atomic E-state index is 5.91. The number of nitrogen functional groups attached to an aromatic ring is 1. The van der Waals surface area contributed by atoms with Crippen molar-refractivity contribution in [3.05, 3.63) is 40.7 Å². The maximum Gasteiger partial charge on any atom is 0.128 e. The van der Waals surface area contributed by atoms with Crippen molar-refractivity contribution in [2.45, 2.75) is 30.0 Å². The smallest absolute Gasteiger partial charge is 0.128 e. The lowest BCUT2D eigenvalue weighted by Gasteiger charge is -2.05. The number of rotatable bonds is 3. The van der Waals surface area contributed by atoms with Gasteiger partial charge in [0, 0.05) is 27.8 Å². The zero-order valence-corrected chi connectivity index (χ0v) is 13.0. The third-order valence-corrected chi connectivity index (χ3v) is 6.00. The summed E-state index contributed by atoms with van der Waals surface area (Å²) in [6, 6.07) is 3.94. The lowest BCUT2D eigenvalue weighted by Crippen LogP contribution is -1.95. The molecule has 0 amide bonds. The first kappa shape index (κ1) is 13.0. The van der Waals surface area contributed by atoms with Crippen molar-refractivity contribution in [2.75, 3.05) is 5.73 Å². The van der Waals surface area contributed by atoms with Crippen LogP contribution < -0.4 is 5.73 Å². The average Bonchev–Trinajstić information content (AvgIpc) is 3.07. The van der Waals surface area contributed by atoms with Crippen LogP contribution in [0.5, 0.6) is 0 Å². The minimum Gasteiger partial charge on any atom is -0.383 e. The molecule has 0 radical (unpaired) electrons. The number of hydrogen-bond donors (Lipinski definition) is 1. The number of hydrogen-bond acceptors (Lipinski definition) is 6. The molecule has 1 aliphatic rings. The van der Waals surface area contributed by atoms with E-state index in [1.165, 1.54) is 28.7 Å². The lowest BCUT2D eigenvalue weighted by molar-refractivity contribution is 0.915. The topological polar surface area (TPSA) is 64.7 Å². The number of thioether (sulfide) groups is 1. The number of nitrogens with zero attached hydrogens (tertiary/aromatic N) is 3. The predicted octanol–water partition coefficient (Wildman–Crippen LogP) is 3.45. The van der Waals surface area contributed by atoms with Gasteiger partial charge in [0.2, 0.25) is 0 Å². The summed E-state index contributed by atoms with van der Waals surface area (Å²) in [4.78, 5) is 15.7. The molecule has 0 saturated heterocycles. The van der Waals surface area contributed by atoms with E-state index in [1.807, 2.05) is 23.5 Å². The molecule has 0 fully saturated rings. The summed E-state index contributed by atoms with van der Waals surface area (Å²) < 4.78 is 0. The summed E-state index contributed by atoms with van der Waals surface area (Å²) in [6.07, 6.45) is 6.99. The fourth-order valence-corrected chi connectivity index (χ4v) is 5.04. The van der Waals surface area contributed by atoms with Gasteiger partial charge in [0.05, 0.1) is 0 Å². The Bertz CT molecular complexity index is 813. The third-order valence-electron chi connectivity index (χ3n) is 3.76. The standard InChI is InChI=1S/C15H14N4S2/c16-13-9(3-2-6-17-13)7-20-14-12-10-4-1-5-11(10)21-15(12)19-8-18-14/h2-3,6,8H,1,4-5,7H2,(H2,16,17). The monoisotopic (exact) mass is 314 g/mol. The highest BCUT2D eigenvalue weighted by Crippen LogP contribution is 2.40. The molecule has 3 heterocycles. The van der Waals surface area contributed by atoms with E-state index >= 15 is 0 Å². The number of thiophene rings is 1. The molecule has 2 N–H and O–H groups in total. The van der Waals surface area contributed by atoms with E-state index in [4.69, 9.17) is 5.73 Å². The fourth-order valence-electron chi connectivity index (χ4n) is 2.73. The summed E-state index contributed by atoms with van der Waals surface area (Å²) in [5, 5.41) is 2.34. The summed E-state index contributed by atoms with van der Waals surface area (Å²) in [7, 11) is 0. The van der Waals surface area contributed by atoms with Crippen LogP contribution in [0, 0.1) is 0 Å². The SMILES string of the molecule is Nc1ncccc1CSc1ncnc2sc3c(c12)CCC3. The molecule has 1 aliphatic carbocycles. The van der Waals surface area contributed by atoms with Gasteiger partial charge in [-0.3, -0.25) is 0 Å². The largest absolute Gasteiger partial charge is 0.383 e. The highest BCUT2D eigenvalue weighted by molar-refractivity contribution is 7.98. The number of fused-ring (bicyclic) bond motifs is 3. The molecule has 106 valence electrons. The zero-order chi connectivity index (χ0) is 14.2. The number of aromatic nitrogens is 3. The van der Waals surface area contributed by atoms with E-state index in [2.05, 4.69) is 15.0 Å². The molecule has 6 heteroatoms. The molecule has 0 unspecified atom stereocenters. The molecule has 0 saturated carbocycles. The molecule has 4 nitrogen and oxygen atoms in total. The number of aryl methyl sites for hydroxylation is 2. The van der Waals surface area contributed by atoms with E-state index in [1.54, 1.807) is 24.3 Å². The highest BCUT2D eigenvalue weighted by atomic mass is 32.2. The molecule has 4 rings (SSSR count). The number of nitrogens with two attached hydrogens (primary N) is 1. The van der Waals surface area contributed by atoms with Crippen molar-refractivity contribution in [1.82, 2.24) is 15.0 Å². The van der Waals surface area contributed by atoms with Gasteiger partial charge in [0.25, 0.3) is 0 Å². The van der Waals surface area contributed by atoms with E-state index in [9.17, 15) is 0 Å².